The van der Waals surface area contributed by atoms with E-state index in [-0.39, 0.29) is 18.0 Å². The van der Waals surface area contributed by atoms with Gasteiger partial charge in [0.25, 0.3) is 0 Å². The first-order valence-electron chi connectivity index (χ1n) is 13.2. The summed E-state index contributed by atoms with van der Waals surface area (Å²) in [5, 5.41) is 4.06. The Bertz CT molecular complexity index is 1280. The molecule has 0 spiro atoms. The maximum Gasteiger partial charge on any atom is 0.319 e. The van der Waals surface area contributed by atoms with E-state index in [4.69, 9.17) is 14.2 Å². The second kappa shape index (κ2) is 11.8. The summed E-state index contributed by atoms with van der Waals surface area (Å²) in [4.78, 5) is 24.9. The summed E-state index contributed by atoms with van der Waals surface area (Å²) in [7, 11) is 1.84. The number of urea groups is 1. The zero-order valence-corrected chi connectivity index (χ0v) is 21.9. The molecule has 2 aliphatic rings. The molecule has 1 N–H and O–H groups in total. The van der Waals surface area contributed by atoms with Crippen LogP contribution in [0.3, 0.4) is 0 Å². The van der Waals surface area contributed by atoms with Crippen LogP contribution in [0.25, 0.3) is 10.9 Å². The molecule has 0 radical (unpaired) electrons. The second-order valence-corrected chi connectivity index (χ2v) is 9.80. The molecule has 3 heterocycles. The predicted molar refractivity (Wildman–Crippen MR) is 143 cm³/mol. The standard InChI is InChI=1S/C28H34FN5O4/c1-19-15-20(5-6-23(19)29)32-27-22-16-26(38-21-7-13-36-14-8-21)25(17-24(22)30-18-31-27)37-12-4-11-34-10-3-9-33(2)28(34)35/h5-6,15-18,21H,3-4,7-14H2,1-2H3,(H,30,31,32). The highest BCUT2D eigenvalue weighted by atomic mass is 19.1. The van der Waals surface area contributed by atoms with Gasteiger partial charge in [-0.05, 0) is 49.6 Å². The van der Waals surface area contributed by atoms with E-state index in [0.29, 0.717) is 61.2 Å². The number of nitrogens with one attached hydrogen (secondary N) is 1. The van der Waals surface area contributed by atoms with E-state index >= 15 is 0 Å². The van der Waals surface area contributed by atoms with Gasteiger partial charge in [-0.2, -0.15) is 0 Å². The largest absolute Gasteiger partial charge is 0.490 e. The molecule has 3 aromatic rings. The Morgan fingerprint density at radius 1 is 1.13 bits per heavy atom. The van der Waals surface area contributed by atoms with E-state index in [9.17, 15) is 9.18 Å². The molecule has 0 unspecified atom stereocenters. The summed E-state index contributed by atoms with van der Waals surface area (Å²) in [6.07, 6.45) is 4.79. The molecular weight excluding hydrogens is 489 g/mol. The molecule has 10 heteroatoms. The van der Waals surface area contributed by atoms with Crippen molar-refractivity contribution in [1.82, 2.24) is 19.8 Å². The van der Waals surface area contributed by atoms with Crippen LogP contribution >= 0.6 is 0 Å². The molecule has 202 valence electrons. The van der Waals surface area contributed by atoms with Crippen LogP contribution in [0, 0.1) is 12.7 Å². The molecule has 0 atom stereocenters. The van der Waals surface area contributed by atoms with Crippen molar-refractivity contribution < 1.29 is 23.4 Å². The van der Waals surface area contributed by atoms with Gasteiger partial charge in [0.15, 0.2) is 11.5 Å². The summed E-state index contributed by atoms with van der Waals surface area (Å²) in [6.45, 7) is 5.70. The number of anilines is 2. The number of hydrogen-bond acceptors (Lipinski definition) is 7. The van der Waals surface area contributed by atoms with Gasteiger partial charge in [0.05, 0.1) is 25.3 Å². The lowest BCUT2D eigenvalue weighted by Gasteiger charge is -2.33. The highest BCUT2D eigenvalue weighted by molar-refractivity contribution is 5.93. The summed E-state index contributed by atoms with van der Waals surface area (Å²) in [5.74, 6) is 1.56. The Labute approximate surface area is 221 Å². The van der Waals surface area contributed by atoms with Crippen molar-refractivity contribution in [3.8, 4) is 11.5 Å². The van der Waals surface area contributed by atoms with Gasteiger partial charge >= 0.3 is 6.03 Å². The van der Waals surface area contributed by atoms with Crippen molar-refractivity contribution in [2.75, 3.05) is 51.8 Å². The Balaban J connectivity index is 1.36. The van der Waals surface area contributed by atoms with E-state index < -0.39 is 0 Å². The van der Waals surface area contributed by atoms with Gasteiger partial charge in [-0.15, -0.1) is 0 Å². The van der Waals surface area contributed by atoms with Gasteiger partial charge in [0.1, 0.15) is 24.1 Å². The highest BCUT2D eigenvalue weighted by Crippen LogP contribution is 2.36. The van der Waals surface area contributed by atoms with E-state index in [1.807, 2.05) is 24.1 Å². The first-order chi connectivity index (χ1) is 18.5. The van der Waals surface area contributed by atoms with Crippen LogP contribution in [0.15, 0.2) is 36.7 Å². The minimum absolute atomic E-state index is 0.0193. The molecule has 2 aliphatic heterocycles. The monoisotopic (exact) mass is 523 g/mol. The number of halogens is 1. The number of aryl methyl sites for hydroxylation is 1. The van der Waals surface area contributed by atoms with Gasteiger partial charge in [-0.25, -0.2) is 19.2 Å². The lowest BCUT2D eigenvalue weighted by atomic mass is 10.1. The fraction of sp³-hybridized carbons (Fsp3) is 0.464. The lowest BCUT2D eigenvalue weighted by molar-refractivity contribution is 0.0243. The lowest BCUT2D eigenvalue weighted by Crippen LogP contribution is -2.47. The summed E-state index contributed by atoms with van der Waals surface area (Å²) in [5.41, 5.74) is 1.98. The predicted octanol–water partition coefficient (Wildman–Crippen LogP) is 4.91. The maximum absolute atomic E-state index is 13.8. The molecule has 2 amide bonds. The number of nitrogens with zero attached hydrogens (tertiary/aromatic N) is 4. The molecule has 38 heavy (non-hydrogen) atoms. The number of rotatable bonds is 9. The number of amides is 2. The third-order valence-electron chi connectivity index (χ3n) is 6.93. The maximum atomic E-state index is 13.8. The third-order valence-corrected chi connectivity index (χ3v) is 6.93. The van der Waals surface area contributed by atoms with Gasteiger partial charge in [-0.1, -0.05) is 0 Å². The molecule has 1 aromatic heterocycles. The van der Waals surface area contributed by atoms with Crippen LogP contribution in [-0.2, 0) is 4.74 Å². The number of ether oxygens (including phenoxy) is 3. The molecule has 2 saturated heterocycles. The quantitative estimate of drug-likeness (QED) is 0.399. The first kappa shape index (κ1) is 26.0. The van der Waals surface area contributed by atoms with Gasteiger partial charge in [0, 0.05) is 56.7 Å². The van der Waals surface area contributed by atoms with Crippen LogP contribution in [0.4, 0.5) is 20.7 Å². The highest BCUT2D eigenvalue weighted by Gasteiger charge is 2.23. The fourth-order valence-electron chi connectivity index (χ4n) is 4.78. The molecule has 2 aromatic carbocycles. The number of aromatic nitrogens is 2. The fourth-order valence-corrected chi connectivity index (χ4v) is 4.78. The zero-order valence-electron chi connectivity index (χ0n) is 21.9. The van der Waals surface area contributed by atoms with Crippen LogP contribution in [-0.4, -0.2) is 78.4 Å². The minimum atomic E-state index is -0.256. The topological polar surface area (TPSA) is 89.1 Å². The third kappa shape index (κ3) is 6.07. The average Bonchev–Trinajstić information content (AvgIpc) is 2.92. The smallest absolute Gasteiger partial charge is 0.319 e. The molecule has 0 bridgehead atoms. The first-order valence-corrected chi connectivity index (χ1v) is 13.2. The zero-order chi connectivity index (χ0) is 26.5. The molecule has 5 rings (SSSR count). The van der Waals surface area contributed by atoms with E-state index in [2.05, 4.69) is 15.3 Å². The normalized spacial score (nSPS) is 16.7. The van der Waals surface area contributed by atoms with Crippen molar-refractivity contribution in [1.29, 1.82) is 0 Å². The molecule has 0 saturated carbocycles. The van der Waals surface area contributed by atoms with Gasteiger partial charge in [-0.3, -0.25) is 0 Å². The molecular formula is C28H34FN5O4. The minimum Gasteiger partial charge on any atom is -0.490 e. The van der Waals surface area contributed by atoms with Crippen LogP contribution in [0.1, 0.15) is 31.2 Å². The van der Waals surface area contributed by atoms with Crippen molar-refractivity contribution >= 4 is 28.4 Å². The van der Waals surface area contributed by atoms with Crippen molar-refractivity contribution in [3.05, 3.63) is 48.0 Å². The summed E-state index contributed by atoms with van der Waals surface area (Å²) >= 11 is 0. The van der Waals surface area contributed by atoms with Gasteiger partial charge < -0.3 is 29.3 Å². The Morgan fingerprint density at radius 2 is 1.97 bits per heavy atom. The molecule has 2 fully saturated rings. The Morgan fingerprint density at radius 3 is 2.79 bits per heavy atom. The number of carbonyl (C=O) groups excluding carboxylic acids is 1. The number of fused-ring (bicyclic) bond motifs is 1. The number of benzene rings is 2. The Hall–Kier alpha value is -3.66. The van der Waals surface area contributed by atoms with Crippen molar-refractivity contribution in [3.63, 3.8) is 0 Å². The second-order valence-electron chi connectivity index (χ2n) is 9.80. The average molecular weight is 524 g/mol. The molecule has 0 aliphatic carbocycles. The van der Waals surface area contributed by atoms with Crippen molar-refractivity contribution in [2.45, 2.75) is 38.7 Å². The summed E-state index contributed by atoms with van der Waals surface area (Å²) in [6, 6.07) is 8.69. The Kier molecular flexibility index (Phi) is 8.07. The number of hydrogen-bond donors (Lipinski definition) is 1. The molecule has 9 nitrogen and oxygen atoms in total. The van der Waals surface area contributed by atoms with Crippen LogP contribution in [0.2, 0.25) is 0 Å². The van der Waals surface area contributed by atoms with E-state index in [1.165, 1.54) is 12.4 Å². The van der Waals surface area contributed by atoms with E-state index in [1.54, 1.807) is 24.0 Å². The van der Waals surface area contributed by atoms with Gasteiger partial charge in [0.2, 0.25) is 0 Å². The van der Waals surface area contributed by atoms with E-state index in [0.717, 1.165) is 43.4 Å². The van der Waals surface area contributed by atoms with Crippen LogP contribution < -0.4 is 14.8 Å². The SMILES string of the molecule is Cc1cc(Nc2ncnc3cc(OCCCN4CCCN(C)C4=O)c(OC4CCOCC4)cc23)ccc1F. The number of carbonyl (C=O) groups is 1. The van der Waals surface area contributed by atoms with Crippen LogP contribution in [0.5, 0.6) is 11.5 Å². The van der Waals surface area contributed by atoms with Crippen molar-refractivity contribution in [2.24, 2.45) is 0 Å². The summed E-state index contributed by atoms with van der Waals surface area (Å²) < 4.78 is 31.9.